The molecule has 0 aromatic carbocycles. The van der Waals surface area contributed by atoms with Crippen LogP contribution in [0.3, 0.4) is 0 Å². The van der Waals surface area contributed by atoms with Gasteiger partial charge in [0.25, 0.3) is 0 Å². The first-order valence-corrected chi connectivity index (χ1v) is 3.79. The van der Waals surface area contributed by atoms with Crippen LogP contribution in [0.15, 0.2) is 11.2 Å². The number of nitrogens with zero attached hydrogens (tertiary/aromatic N) is 2. The third-order valence-corrected chi connectivity index (χ3v) is 1.66. The lowest BCUT2D eigenvalue weighted by Crippen LogP contribution is -1.93. The van der Waals surface area contributed by atoms with E-state index >= 15 is 0 Å². The van der Waals surface area contributed by atoms with Crippen LogP contribution in [0.25, 0.3) is 0 Å². The van der Waals surface area contributed by atoms with Gasteiger partial charge in [-0.05, 0) is 6.92 Å². The summed E-state index contributed by atoms with van der Waals surface area (Å²) in [4.78, 5) is 0. The largest absolute Gasteiger partial charge is 0.504 e. The third kappa shape index (κ3) is 1.29. The van der Waals surface area contributed by atoms with Crippen molar-refractivity contribution < 1.29 is 5.11 Å². The van der Waals surface area contributed by atoms with E-state index in [0.717, 1.165) is 18.2 Å². The second-order valence-corrected chi connectivity index (χ2v) is 2.42. The van der Waals surface area contributed by atoms with Gasteiger partial charge in [-0.15, -0.1) is 0 Å². The Morgan fingerprint density at radius 2 is 2.60 bits per heavy atom. The van der Waals surface area contributed by atoms with E-state index in [0.29, 0.717) is 5.03 Å². The van der Waals surface area contributed by atoms with E-state index in [1.165, 1.54) is 0 Å². The van der Waals surface area contributed by atoms with Crippen molar-refractivity contribution in [3.8, 4) is 5.75 Å². The Morgan fingerprint density at radius 1 is 1.90 bits per heavy atom. The van der Waals surface area contributed by atoms with Gasteiger partial charge in [0.1, 0.15) is 5.03 Å². The molecule has 10 heavy (non-hydrogen) atoms. The maximum Gasteiger partial charge on any atom is 0.171 e. The van der Waals surface area contributed by atoms with Crippen LogP contribution in [0.2, 0.25) is 0 Å². The zero-order valence-electron chi connectivity index (χ0n) is 5.61. The molecule has 52 valence electrons. The lowest BCUT2D eigenvalue weighted by atomic mass is 10.6. The van der Waals surface area contributed by atoms with E-state index in [4.69, 9.17) is 12.2 Å². The van der Waals surface area contributed by atoms with Crippen LogP contribution in [0.5, 0.6) is 5.75 Å². The number of hydrogen-bond acceptors (Lipinski definition) is 3. The van der Waals surface area contributed by atoms with E-state index in [1.807, 2.05) is 6.92 Å². The Morgan fingerprint density at radius 3 is 2.90 bits per heavy atom. The van der Waals surface area contributed by atoms with Crippen LogP contribution < -0.4 is 0 Å². The molecule has 0 saturated heterocycles. The summed E-state index contributed by atoms with van der Waals surface area (Å²) in [7, 11) is 5.20. The average Bonchev–Trinajstić information content (AvgIpc) is 2.30. The molecule has 5 heteroatoms. The van der Waals surface area contributed by atoms with Gasteiger partial charge in [0.05, 0.1) is 6.20 Å². The van der Waals surface area contributed by atoms with Crippen molar-refractivity contribution in [2.75, 3.05) is 0 Å². The Labute approximate surface area is 64.7 Å². The molecule has 0 amide bonds. The van der Waals surface area contributed by atoms with Crippen molar-refractivity contribution in [2.45, 2.75) is 18.5 Å². The monoisotopic (exact) mass is 154 g/mol. The van der Waals surface area contributed by atoms with E-state index < -0.39 is 0 Å². The van der Waals surface area contributed by atoms with Crippen LogP contribution in [-0.4, -0.2) is 22.0 Å². The van der Waals surface area contributed by atoms with E-state index in [9.17, 15) is 0 Å². The maximum absolute atomic E-state index is 9.08. The molecule has 0 aliphatic carbocycles. The van der Waals surface area contributed by atoms with Crippen LogP contribution in [0, 0.1) is 0 Å². The molecule has 0 unspecified atom stereocenters. The van der Waals surface area contributed by atoms with Crippen LogP contribution >= 0.6 is 11.6 Å². The summed E-state index contributed by atoms with van der Waals surface area (Å²) in [6.45, 7) is 2.69. The first-order chi connectivity index (χ1) is 4.77. The van der Waals surface area contributed by atoms with Gasteiger partial charge >= 0.3 is 0 Å². The number of aromatic hydroxyl groups is 1. The predicted molar refractivity (Wildman–Crippen MR) is 41.2 cm³/mol. The maximum atomic E-state index is 9.08. The predicted octanol–water partition coefficient (Wildman–Crippen LogP) is 0.784. The Balaban J connectivity index is 2.92. The lowest BCUT2D eigenvalue weighted by molar-refractivity contribution is 0.462. The highest BCUT2D eigenvalue weighted by Crippen LogP contribution is 2.22. The molecule has 0 bridgehead atoms. The minimum atomic E-state index is 0.148. The van der Waals surface area contributed by atoms with E-state index in [1.54, 1.807) is 10.9 Å². The number of aryl methyl sites for hydroxylation is 1. The Hall–Kier alpha value is -0.575. The van der Waals surface area contributed by atoms with Gasteiger partial charge in [-0.1, -0.05) is 0 Å². The first kappa shape index (κ1) is 7.53. The normalized spacial score (nSPS) is 10.1. The van der Waals surface area contributed by atoms with Gasteiger partial charge in [0.2, 0.25) is 0 Å². The Bertz CT molecular complexity index is 225. The zero-order valence-corrected chi connectivity index (χ0v) is 6.43. The smallest absolute Gasteiger partial charge is 0.171 e. The van der Waals surface area contributed by atoms with Crippen LogP contribution in [0.1, 0.15) is 6.92 Å². The highest BCUT2D eigenvalue weighted by molar-refractivity contribution is 8.19. The van der Waals surface area contributed by atoms with Gasteiger partial charge in [0, 0.05) is 6.54 Å². The molecule has 0 atom stereocenters. The molecule has 1 N–H and O–H groups in total. The summed E-state index contributed by atoms with van der Waals surface area (Å²) in [6.07, 6.45) is 1.55. The Kier molecular flexibility index (Phi) is 2.27. The van der Waals surface area contributed by atoms with Crippen molar-refractivity contribution in [3.05, 3.63) is 6.20 Å². The third-order valence-electron chi connectivity index (χ3n) is 1.15. The molecule has 0 aliphatic rings. The molecule has 3 nitrogen and oxygen atoms in total. The second-order valence-electron chi connectivity index (χ2n) is 1.79. The summed E-state index contributed by atoms with van der Waals surface area (Å²) in [5.74, 6) is 0.148. The van der Waals surface area contributed by atoms with E-state index in [2.05, 4.69) is 5.10 Å². The molecular weight excluding hydrogens is 147 g/mol. The molecule has 1 aromatic rings. The molecule has 0 saturated carbocycles. The molecule has 1 rings (SSSR count). The zero-order chi connectivity index (χ0) is 7.56. The van der Waals surface area contributed by atoms with Crippen LogP contribution in [-0.2, 0) is 6.54 Å². The first-order valence-electron chi connectivity index (χ1n) is 2.91. The summed E-state index contributed by atoms with van der Waals surface area (Å²) >= 11 is 0.950. The van der Waals surface area contributed by atoms with Gasteiger partial charge in [-0.3, -0.25) is 4.68 Å². The number of hydrogen-bond donors (Lipinski definition) is 1. The molecular formula is C5H7BN2OS. The summed E-state index contributed by atoms with van der Waals surface area (Å²) in [5, 5.41) is 13.5. The van der Waals surface area contributed by atoms with Gasteiger partial charge in [0.15, 0.2) is 12.9 Å². The minimum absolute atomic E-state index is 0.148. The average molecular weight is 154 g/mol. The van der Waals surface area contributed by atoms with Crippen molar-refractivity contribution >= 4 is 18.7 Å². The quantitative estimate of drug-likeness (QED) is 0.639. The highest BCUT2D eigenvalue weighted by Gasteiger charge is 2.02. The molecule has 0 fully saturated rings. The fourth-order valence-corrected chi connectivity index (χ4v) is 0.965. The summed E-state index contributed by atoms with van der Waals surface area (Å²) < 4.78 is 1.63. The molecule has 0 spiro atoms. The fraction of sp³-hybridized carbons (Fsp3) is 0.400. The van der Waals surface area contributed by atoms with E-state index in [-0.39, 0.29) is 5.75 Å². The number of rotatable bonds is 2. The second kappa shape index (κ2) is 3.01. The molecule has 0 aliphatic heterocycles. The number of aromatic nitrogens is 2. The topological polar surface area (TPSA) is 38.0 Å². The fourth-order valence-electron chi connectivity index (χ4n) is 0.639. The van der Waals surface area contributed by atoms with Crippen molar-refractivity contribution in [2.24, 2.45) is 0 Å². The van der Waals surface area contributed by atoms with Gasteiger partial charge in [-0.25, -0.2) is 0 Å². The highest BCUT2D eigenvalue weighted by atomic mass is 32.2. The minimum Gasteiger partial charge on any atom is -0.504 e. The molecule has 1 heterocycles. The standard InChI is InChI=1S/C5H7BN2OS/c1-2-8-3-4(9)5(7-8)10-6/h3,9H,2H2,1H3. The summed E-state index contributed by atoms with van der Waals surface area (Å²) in [6, 6.07) is 0. The van der Waals surface area contributed by atoms with Crippen molar-refractivity contribution in [1.29, 1.82) is 0 Å². The summed E-state index contributed by atoms with van der Waals surface area (Å²) in [5.41, 5.74) is 0. The molecule has 2 radical (unpaired) electrons. The van der Waals surface area contributed by atoms with Crippen LogP contribution in [0.4, 0.5) is 0 Å². The van der Waals surface area contributed by atoms with Gasteiger partial charge < -0.3 is 5.11 Å². The lowest BCUT2D eigenvalue weighted by Gasteiger charge is -1.89. The SMILES string of the molecule is [B]Sc1nn(CC)cc1O. The van der Waals surface area contributed by atoms with Gasteiger partial charge in [-0.2, -0.15) is 16.7 Å². The van der Waals surface area contributed by atoms with Crippen molar-refractivity contribution in [1.82, 2.24) is 9.78 Å². The van der Waals surface area contributed by atoms with Crippen molar-refractivity contribution in [3.63, 3.8) is 0 Å². The molecule has 1 aromatic heterocycles.